The van der Waals surface area contributed by atoms with Gasteiger partial charge < -0.3 is 14.6 Å². The minimum Gasteiger partial charge on any atom is -0.494 e. The van der Waals surface area contributed by atoms with Crippen molar-refractivity contribution in [2.45, 2.75) is 25.9 Å². The summed E-state index contributed by atoms with van der Waals surface area (Å²) in [6.45, 7) is 4.68. The van der Waals surface area contributed by atoms with Crippen LogP contribution in [0.25, 0.3) is 0 Å². The first-order valence-corrected chi connectivity index (χ1v) is 6.02. The number of aromatic carboxylic acids is 1. The van der Waals surface area contributed by atoms with Crippen molar-refractivity contribution in [3.8, 4) is 18.1 Å². The molecule has 0 amide bonds. The number of ether oxygens (including phenoxy) is 2. The Kier molecular flexibility index (Phi) is 5.40. The summed E-state index contributed by atoms with van der Waals surface area (Å²) < 4.78 is 10.9. The number of terminal acetylenes is 1. The Morgan fingerprint density at radius 3 is 2.47 bits per heavy atom. The van der Waals surface area contributed by atoms with Crippen LogP contribution in [0, 0.1) is 12.3 Å². The lowest BCUT2D eigenvalue weighted by Crippen LogP contribution is -2.22. The third-order valence-corrected chi connectivity index (χ3v) is 2.47. The van der Waals surface area contributed by atoms with Gasteiger partial charge in [-0.2, -0.15) is 0 Å². The largest absolute Gasteiger partial charge is 0.494 e. The fraction of sp³-hybridized carbons (Fsp3) is 0.400. The lowest BCUT2D eigenvalue weighted by Gasteiger charge is -2.18. The number of carboxylic acids is 1. The summed E-state index contributed by atoms with van der Waals surface area (Å²) in [5, 5.41) is 8.75. The van der Waals surface area contributed by atoms with E-state index in [0.717, 1.165) is 0 Å². The molecule has 0 aliphatic heterocycles. The monoisotopic (exact) mass is 262 g/mol. The number of rotatable bonds is 7. The Morgan fingerprint density at radius 2 is 1.95 bits per heavy atom. The highest BCUT2D eigenvalue weighted by Crippen LogP contribution is 2.13. The number of hydrogen-bond acceptors (Lipinski definition) is 3. The smallest absolute Gasteiger partial charge is 0.335 e. The average molecular weight is 262 g/mol. The second kappa shape index (κ2) is 6.81. The first-order valence-electron chi connectivity index (χ1n) is 6.02. The average Bonchev–Trinajstić information content (AvgIpc) is 2.39. The Hall–Kier alpha value is -1.99. The van der Waals surface area contributed by atoms with Crippen molar-refractivity contribution >= 4 is 5.97 Å². The van der Waals surface area contributed by atoms with Crippen molar-refractivity contribution in [3.05, 3.63) is 29.8 Å². The Labute approximate surface area is 113 Å². The third kappa shape index (κ3) is 5.45. The van der Waals surface area contributed by atoms with Crippen LogP contribution < -0.4 is 4.74 Å². The molecule has 1 aromatic rings. The van der Waals surface area contributed by atoms with Crippen molar-refractivity contribution < 1.29 is 19.4 Å². The molecule has 0 bridgehead atoms. The van der Waals surface area contributed by atoms with Crippen LogP contribution in [0.5, 0.6) is 5.75 Å². The quantitative estimate of drug-likeness (QED) is 0.606. The van der Waals surface area contributed by atoms with Crippen molar-refractivity contribution in [2.24, 2.45) is 0 Å². The first-order chi connectivity index (χ1) is 8.94. The summed E-state index contributed by atoms with van der Waals surface area (Å²) in [4.78, 5) is 10.7. The van der Waals surface area contributed by atoms with Gasteiger partial charge in [-0.05, 0) is 38.1 Å². The van der Waals surface area contributed by atoms with Crippen LogP contribution in [0.4, 0.5) is 0 Å². The van der Waals surface area contributed by atoms with Gasteiger partial charge in [0.2, 0.25) is 0 Å². The number of carbonyl (C=O) groups is 1. The van der Waals surface area contributed by atoms with Gasteiger partial charge in [0.1, 0.15) is 11.4 Å². The molecule has 0 spiro atoms. The van der Waals surface area contributed by atoms with Crippen molar-refractivity contribution in [1.82, 2.24) is 0 Å². The summed E-state index contributed by atoms with van der Waals surface area (Å²) in [5.41, 5.74) is -0.310. The van der Waals surface area contributed by atoms with Gasteiger partial charge in [-0.3, -0.25) is 0 Å². The molecular weight excluding hydrogens is 244 g/mol. The Morgan fingerprint density at radius 1 is 1.32 bits per heavy atom. The lowest BCUT2D eigenvalue weighted by molar-refractivity contribution is 0.0209. The first kappa shape index (κ1) is 15.1. The molecule has 0 saturated heterocycles. The van der Waals surface area contributed by atoms with E-state index in [9.17, 15) is 4.79 Å². The highest BCUT2D eigenvalue weighted by Gasteiger charge is 2.12. The van der Waals surface area contributed by atoms with E-state index < -0.39 is 11.6 Å². The summed E-state index contributed by atoms with van der Waals surface area (Å²) in [5.74, 6) is 2.24. The van der Waals surface area contributed by atoms with E-state index in [1.165, 1.54) is 12.1 Å². The molecule has 102 valence electrons. The minimum absolute atomic E-state index is 0.242. The molecule has 0 saturated carbocycles. The number of hydrogen-bond donors (Lipinski definition) is 1. The third-order valence-electron chi connectivity index (χ3n) is 2.47. The maximum absolute atomic E-state index is 10.7. The fourth-order valence-corrected chi connectivity index (χ4v) is 1.31. The van der Waals surface area contributed by atoms with E-state index in [4.69, 9.17) is 21.0 Å². The van der Waals surface area contributed by atoms with Crippen molar-refractivity contribution in [1.29, 1.82) is 0 Å². The molecule has 4 heteroatoms. The highest BCUT2D eigenvalue weighted by molar-refractivity contribution is 5.87. The van der Waals surface area contributed by atoms with E-state index in [2.05, 4.69) is 5.92 Å². The van der Waals surface area contributed by atoms with Gasteiger partial charge in [0, 0.05) is 6.42 Å². The van der Waals surface area contributed by atoms with E-state index >= 15 is 0 Å². The standard InChI is InChI=1S/C15H18O4/c1-4-15(2,3)19-11-5-10-18-13-8-6-12(7-9-13)14(16)17/h1,6-9H,5,10-11H2,2-3H3,(H,16,17). The minimum atomic E-state index is -0.948. The molecule has 0 radical (unpaired) electrons. The predicted molar refractivity (Wildman–Crippen MR) is 72.4 cm³/mol. The summed E-state index contributed by atoms with van der Waals surface area (Å²) in [7, 11) is 0. The van der Waals surface area contributed by atoms with Crippen LogP contribution in [-0.2, 0) is 4.74 Å². The van der Waals surface area contributed by atoms with Gasteiger partial charge in [0.05, 0.1) is 18.8 Å². The normalized spacial score (nSPS) is 10.8. The van der Waals surface area contributed by atoms with E-state index in [0.29, 0.717) is 25.4 Å². The molecule has 0 atom stereocenters. The second-order valence-corrected chi connectivity index (χ2v) is 4.53. The zero-order chi connectivity index (χ0) is 14.3. The zero-order valence-electron chi connectivity index (χ0n) is 11.2. The van der Waals surface area contributed by atoms with Crippen LogP contribution in [0.2, 0.25) is 0 Å². The molecule has 0 fully saturated rings. The number of benzene rings is 1. The molecule has 1 aromatic carbocycles. The van der Waals surface area contributed by atoms with Crippen molar-refractivity contribution in [2.75, 3.05) is 13.2 Å². The summed E-state index contributed by atoms with van der Waals surface area (Å²) in [6.07, 6.45) is 6.01. The van der Waals surface area contributed by atoms with Crippen LogP contribution >= 0.6 is 0 Å². The molecular formula is C15H18O4. The molecule has 1 N–H and O–H groups in total. The summed E-state index contributed by atoms with van der Waals surface area (Å²) >= 11 is 0. The van der Waals surface area contributed by atoms with E-state index in [1.807, 2.05) is 13.8 Å². The van der Waals surface area contributed by atoms with Gasteiger partial charge in [-0.15, -0.1) is 6.42 Å². The van der Waals surface area contributed by atoms with Gasteiger partial charge in [0.25, 0.3) is 0 Å². The maximum Gasteiger partial charge on any atom is 0.335 e. The molecule has 0 aliphatic rings. The zero-order valence-corrected chi connectivity index (χ0v) is 11.2. The fourth-order valence-electron chi connectivity index (χ4n) is 1.31. The van der Waals surface area contributed by atoms with Crippen molar-refractivity contribution in [3.63, 3.8) is 0 Å². The molecule has 19 heavy (non-hydrogen) atoms. The SMILES string of the molecule is C#CC(C)(C)OCCCOc1ccc(C(=O)O)cc1. The van der Waals surface area contributed by atoms with Crippen LogP contribution in [0.3, 0.4) is 0 Å². The van der Waals surface area contributed by atoms with Crippen LogP contribution in [0.1, 0.15) is 30.6 Å². The molecule has 0 unspecified atom stereocenters. The van der Waals surface area contributed by atoms with E-state index in [1.54, 1.807) is 12.1 Å². The molecule has 0 heterocycles. The summed E-state index contributed by atoms with van der Waals surface area (Å²) in [6, 6.07) is 6.29. The molecule has 0 aliphatic carbocycles. The highest BCUT2D eigenvalue weighted by atomic mass is 16.5. The maximum atomic E-state index is 10.7. The second-order valence-electron chi connectivity index (χ2n) is 4.53. The van der Waals surface area contributed by atoms with Gasteiger partial charge in [-0.1, -0.05) is 5.92 Å². The lowest BCUT2D eigenvalue weighted by atomic mass is 10.1. The van der Waals surface area contributed by atoms with E-state index in [-0.39, 0.29) is 5.56 Å². The number of carboxylic acid groups (broad SMARTS) is 1. The van der Waals surface area contributed by atoms with Crippen LogP contribution in [0.15, 0.2) is 24.3 Å². The van der Waals surface area contributed by atoms with Gasteiger partial charge in [-0.25, -0.2) is 4.79 Å². The Bertz CT molecular complexity index is 454. The Balaban J connectivity index is 2.27. The van der Waals surface area contributed by atoms with Gasteiger partial charge in [0.15, 0.2) is 0 Å². The topological polar surface area (TPSA) is 55.8 Å². The molecule has 0 aromatic heterocycles. The predicted octanol–water partition coefficient (Wildman–Crippen LogP) is 2.58. The van der Waals surface area contributed by atoms with Gasteiger partial charge >= 0.3 is 5.97 Å². The molecule has 1 rings (SSSR count). The molecule has 4 nitrogen and oxygen atoms in total. The van der Waals surface area contributed by atoms with Crippen LogP contribution in [-0.4, -0.2) is 29.9 Å².